The average molecular weight is 451 g/mol. The summed E-state index contributed by atoms with van der Waals surface area (Å²) in [5, 5.41) is 6.12. The molecule has 0 amide bonds. The van der Waals surface area contributed by atoms with Gasteiger partial charge in [-0.2, -0.15) is 9.61 Å². The fraction of sp³-hybridized carbons (Fsp3) is 0.222. The van der Waals surface area contributed by atoms with Gasteiger partial charge < -0.3 is 14.6 Å². The fourth-order valence-electron chi connectivity index (χ4n) is 4.52. The second-order valence-corrected chi connectivity index (χ2v) is 8.58. The third kappa shape index (κ3) is 3.84. The molecule has 1 saturated heterocycles. The molecule has 1 N–H and O–H groups in total. The molecule has 0 aliphatic carbocycles. The predicted molar refractivity (Wildman–Crippen MR) is 136 cm³/mol. The molecule has 0 unspecified atom stereocenters. The third-order valence-electron chi connectivity index (χ3n) is 6.30. The summed E-state index contributed by atoms with van der Waals surface area (Å²) in [5.41, 5.74) is 7.17. The quantitative estimate of drug-likeness (QED) is 0.396. The van der Waals surface area contributed by atoms with Crippen molar-refractivity contribution in [3.8, 4) is 11.3 Å². The molecule has 1 fully saturated rings. The van der Waals surface area contributed by atoms with E-state index in [1.54, 1.807) is 0 Å². The van der Waals surface area contributed by atoms with E-state index < -0.39 is 0 Å². The number of aromatic nitrogens is 4. The molecule has 0 bridgehead atoms. The first-order valence-corrected chi connectivity index (χ1v) is 11.6. The van der Waals surface area contributed by atoms with E-state index in [1.165, 1.54) is 10.9 Å². The van der Waals surface area contributed by atoms with E-state index in [1.807, 2.05) is 35.1 Å². The molecule has 170 valence electrons. The molecule has 34 heavy (non-hydrogen) atoms. The number of aromatic amines is 1. The second kappa shape index (κ2) is 8.76. The number of aryl methyl sites for hydroxylation is 1. The first-order chi connectivity index (χ1) is 16.8. The van der Waals surface area contributed by atoms with Crippen LogP contribution in [0.4, 0.5) is 5.82 Å². The van der Waals surface area contributed by atoms with Crippen molar-refractivity contribution in [2.24, 2.45) is 4.99 Å². The van der Waals surface area contributed by atoms with Gasteiger partial charge in [-0.1, -0.05) is 48.5 Å². The summed E-state index contributed by atoms with van der Waals surface area (Å²) in [4.78, 5) is 15.3. The highest BCUT2D eigenvalue weighted by Gasteiger charge is 2.18. The number of fused-ring (bicyclic) bond motifs is 2. The summed E-state index contributed by atoms with van der Waals surface area (Å²) < 4.78 is 7.52. The first-order valence-electron chi connectivity index (χ1n) is 11.6. The normalized spacial score (nSPS) is 14.6. The maximum absolute atomic E-state index is 5.58. The summed E-state index contributed by atoms with van der Waals surface area (Å²) in [6.45, 7) is 5.69. The van der Waals surface area contributed by atoms with Gasteiger partial charge in [-0.3, -0.25) is 4.99 Å². The van der Waals surface area contributed by atoms with Crippen molar-refractivity contribution in [1.82, 2.24) is 19.6 Å². The number of benzene rings is 2. The van der Waals surface area contributed by atoms with Gasteiger partial charge in [0.25, 0.3) is 0 Å². The average Bonchev–Trinajstić information content (AvgIpc) is 3.49. The molecule has 1 aliphatic rings. The van der Waals surface area contributed by atoms with Crippen molar-refractivity contribution in [2.75, 3.05) is 31.2 Å². The number of hydrogen-bond acceptors (Lipinski definition) is 5. The number of para-hydroxylation sites is 1. The molecule has 0 atom stereocenters. The van der Waals surface area contributed by atoms with Crippen molar-refractivity contribution in [1.29, 1.82) is 0 Å². The molecule has 0 saturated carbocycles. The van der Waals surface area contributed by atoms with Crippen molar-refractivity contribution in [3.05, 3.63) is 83.7 Å². The van der Waals surface area contributed by atoms with E-state index in [0.29, 0.717) is 19.8 Å². The minimum Gasteiger partial charge on any atom is -0.378 e. The van der Waals surface area contributed by atoms with Crippen LogP contribution in [0.1, 0.15) is 16.8 Å². The van der Waals surface area contributed by atoms with Crippen LogP contribution in [0.2, 0.25) is 0 Å². The number of H-pyrrole nitrogens is 1. The number of aliphatic imine (C=N–C) groups is 1. The van der Waals surface area contributed by atoms with Gasteiger partial charge in [0.15, 0.2) is 5.65 Å². The lowest BCUT2D eigenvalue weighted by Crippen LogP contribution is -2.37. The molecule has 7 heteroatoms. The third-order valence-corrected chi connectivity index (χ3v) is 6.30. The summed E-state index contributed by atoms with van der Waals surface area (Å²) in [7, 11) is 0. The fourth-order valence-corrected chi connectivity index (χ4v) is 4.52. The molecule has 5 aromatic rings. The lowest BCUT2D eigenvalue weighted by atomic mass is 10.1. The molecule has 1 aliphatic heterocycles. The Morgan fingerprint density at radius 2 is 1.91 bits per heavy atom. The Labute approximate surface area is 197 Å². The highest BCUT2D eigenvalue weighted by molar-refractivity contribution is 5.99. The van der Waals surface area contributed by atoms with Gasteiger partial charge in [-0.05, 0) is 12.5 Å². The Morgan fingerprint density at radius 1 is 1.06 bits per heavy atom. The highest BCUT2D eigenvalue weighted by atomic mass is 16.5. The minimum atomic E-state index is 0.496. The van der Waals surface area contributed by atoms with Crippen molar-refractivity contribution in [3.63, 3.8) is 0 Å². The monoisotopic (exact) mass is 450 g/mol. The van der Waals surface area contributed by atoms with Gasteiger partial charge in [0.05, 0.1) is 36.7 Å². The molecule has 3 aromatic heterocycles. The van der Waals surface area contributed by atoms with Crippen LogP contribution in [0.15, 0.2) is 71.9 Å². The minimum absolute atomic E-state index is 0.496. The standard InChI is InChI=1S/C27H26N6O/c1-19-16-29-27-21(8-5-9-23(19)27)17-28-18-22-14-26(32-10-12-34-13-11-32)33-25(30-22)15-24(31-33)20-6-3-2-4-7-20/h2-9,14-17,29H,10-13,18H2,1H3. The number of hydrogen-bond donors (Lipinski definition) is 1. The number of morpholine rings is 1. The van der Waals surface area contributed by atoms with E-state index in [-0.39, 0.29) is 0 Å². The molecule has 7 nitrogen and oxygen atoms in total. The van der Waals surface area contributed by atoms with Crippen LogP contribution >= 0.6 is 0 Å². The van der Waals surface area contributed by atoms with E-state index in [0.717, 1.165) is 52.6 Å². The zero-order valence-corrected chi connectivity index (χ0v) is 19.1. The molecule has 6 rings (SSSR count). The zero-order chi connectivity index (χ0) is 22.9. The summed E-state index contributed by atoms with van der Waals surface area (Å²) >= 11 is 0. The summed E-state index contributed by atoms with van der Waals surface area (Å²) in [5.74, 6) is 1.03. The smallest absolute Gasteiger partial charge is 0.158 e. The number of nitrogens with one attached hydrogen (secondary N) is 1. The van der Waals surface area contributed by atoms with Crippen molar-refractivity contribution in [2.45, 2.75) is 13.5 Å². The number of anilines is 1. The first kappa shape index (κ1) is 20.6. The van der Waals surface area contributed by atoms with Crippen LogP contribution in [0, 0.1) is 6.92 Å². The SMILES string of the molecule is Cc1c[nH]c2c(C=NCc3cc(N4CCOCC4)n4nc(-c5ccccc5)cc4n3)cccc12. The second-order valence-electron chi connectivity index (χ2n) is 8.58. The Hall–Kier alpha value is -3.97. The zero-order valence-electron chi connectivity index (χ0n) is 19.1. The number of nitrogens with zero attached hydrogens (tertiary/aromatic N) is 5. The van der Waals surface area contributed by atoms with Crippen LogP contribution in [-0.4, -0.2) is 52.1 Å². The lowest BCUT2D eigenvalue weighted by Gasteiger charge is -2.29. The van der Waals surface area contributed by atoms with Gasteiger partial charge in [-0.25, -0.2) is 4.98 Å². The van der Waals surface area contributed by atoms with Crippen LogP contribution in [0.3, 0.4) is 0 Å². The molecule has 2 aromatic carbocycles. The Balaban J connectivity index is 1.36. The largest absolute Gasteiger partial charge is 0.378 e. The topological polar surface area (TPSA) is 70.8 Å². The predicted octanol–water partition coefficient (Wildman–Crippen LogP) is 4.64. The van der Waals surface area contributed by atoms with Gasteiger partial charge in [0.1, 0.15) is 5.82 Å². The molecule has 4 heterocycles. The summed E-state index contributed by atoms with van der Waals surface area (Å²) in [6.07, 6.45) is 3.97. The molecular formula is C27H26N6O. The van der Waals surface area contributed by atoms with Gasteiger partial charge in [0.2, 0.25) is 0 Å². The van der Waals surface area contributed by atoms with Crippen LogP contribution in [0.5, 0.6) is 0 Å². The maximum Gasteiger partial charge on any atom is 0.158 e. The van der Waals surface area contributed by atoms with Gasteiger partial charge in [-0.15, -0.1) is 0 Å². The van der Waals surface area contributed by atoms with Crippen LogP contribution < -0.4 is 4.90 Å². The van der Waals surface area contributed by atoms with Crippen molar-refractivity contribution >= 4 is 28.6 Å². The van der Waals surface area contributed by atoms with Gasteiger partial charge in [0, 0.05) is 54.1 Å². The van der Waals surface area contributed by atoms with Crippen LogP contribution in [0.25, 0.3) is 27.8 Å². The molecule has 0 spiro atoms. The Morgan fingerprint density at radius 3 is 2.76 bits per heavy atom. The van der Waals surface area contributed by atoms with E-state index >= 15 is 0 Å². The van der Waals surface area contributed by atoms with Gasteiger partial charge >= 0.3 is 0 Å². The van der Waals surface area contributed by atoms with E-state index in [9.17, 15) is 0 Å². The lowest BCUT2D eigenvalue weighted by molar-refractivity contribution is 0.122. The van der Waals surface area contributed by atoms with Crippen LogP contribution in [-0.2, 0) is 11.3 Å². The molecular weight excluding hydrogens is 424 g/mol. The van der Waals surface area contributed by atoms with Crippen molar-refractivity contribution < 1.29 is 4.74 Å². The summed E-state index contributed by atoms with van der Waals surface area (Å²) in [6, 6.07) is 20.7. The molecule has 0 radical (unpaired) electrons. The maximum atomic E-state index is 5.58. The Bertz CT molecular complexity index is 1480. The van der Waals surface area contributed by atoms with E-state index in [4.69, 9.17) is 19.8 Å². The van der Waals surface area contributed by atoms with E-state index in [2.05, 4.69) is 59.3 Å². The number of ether oxygens (including phenoxy) is 1. The number of rotatable bonds is 5. The highest BCUT2D eigenvalue weighted by Crippen LogP contribution is 2.25. The Kier molecular flexibility index (Phi) is 5.31.